The third-order valence-corrected chi connectivity index (χ3v) is 4.51. The van der Waals surface area contributed by atoms with Gasteiger partial charge in [-0.1, -0.05) is 31.0 Å². The Morgan fingerprint density at radius 1 is 1.18 bits per heavy atom. The molecule has 0 spiro atoms. The van der Waals surface area contributed by atoms with Crippen molar-refractivity contribution in [1.82, 2.24) is 14.7 Å². The average molecular weight is 299 g/mol. The second-order valence-corrected chi connectivity index (χ2v) is 6.40. The summed E-state index contributed by atoms with van der Waals surface area (Å²) in [6, 6.07) is 12.2. The van der Waals surface area contributed by atoms with Crippen molar-refractivity contribution < 1.29 is 5.11 Å². The molecule has 1 fully saturated rings. The molecule has 0 radical (unpaired) electrons. The fraction of sp³-hybridized carbons (Fsp3) is 0.500. The normalized spacial score (nSPS) is 22.1. The van der Waals surface area contributed by atoms with E-state index in [0.717, 1.165) is 37.3 Å². The van der Waals surface area contributed by atoms with Crippen LogP contribution in [0.15, 0.2) is 42.6 Å². The van der Waals surface area contributed by atoms with Gasteiger partial charge in [-0.25, -0.2) is 4.68 Å². The first kappa shape index (κ1) is 15.3. The molecule has 118 valence electrons. The van der Waals surface area contributed by atoms with Crippen molar-refractivity contribution in [2.75, 3.05) is 13.6 Å². The molecule has 0 bridgehead atoms. The number of nitrogens with zero attached hydrogens (tertiary/aromatic N) is 3. The highest BCUT2D eigenvalue weighted by molar-refractivity contribution is 5.30. The van der Waals surface area contributed by atoms with Crippen LogP contribution in [0.5, 0.6) is 0 Å². The van der Waals surface area contributed by atoms with Crippen molar-refractivity contribution in [2.24, 2.45) is 5.92 Å². The van der Waals surface area contributed by atoms with Crippen molar-refractivity contribution >= 4 is 0 Å². The molecule has 1 aliphatic rings. The molecule has 2 unspecified atom stereocenters. The molecular formula is C18H25N3O. The molecule has 22 heavy (non-hydrogen) atoms. The van der Waals surface area contributed by atoms with Crippen LogP contribution >= 0.6 is 0 Å². The molecular weight excluding hydrogens is 274 g/mol. The van der Waals surface area contributed by atoms with Gasteiger partial charge in [-0.15, -0.1) is 0 Å². The van der Waals surface area contributed by atoms with Crippen LogP contribution in [-0.2, 0) is 6.54 Å². The van der Waals surface area contributed by atoms with Crippen LogP contribution in [-0.4, -0.2) is 39.5 Å². The number of hydrogen-bond acceptors (Lipinski definition) is 3. The predicted octanol–water partition coefficient (Wildman–Crippen LogP) is 2.86. The predicted molar refractivity (Wildman–Crippen MR) is 87.9 cm³/mol. The van der Waals surface area contributed by atoms with E-state index in [-0.39, 0.29) is 6.10 Å². The van der Waals surface area contributed by atoms with Gasteiger partial charge in [-0.2, -0.15) is 5.10 Å². The highest BCUT2D eigenvalue weighted by Crippen LogP contribution is 2.25. The number of aliphatic hydroxyl groups is 1. The number of benzene rings is 1. The van der Waals surface area contributed by atoms with Gasteiger partial charge in [-0.3, -0.25) is 0 Å². The second-order valence-electron chi connectivity index (χ2n) is 6.40. The lowest BCUT2D eigenvalue weighted by atomic mass is 9.86. The molecule has 4 heteroatoms. The number of para-hydroxylation sites is 1. The molecule has 1 heterocycles. The minimum atomic E-state index is -0.127. The van der Waals surface area contributed by atoms with Gasteiger partial charge in [-0.05, 0) is 44.0 Å². The van der Waals surface area contributed by atoms with Crippen LogP contribution < -0.4 is 0 Å². The molecule has 0 aliphatic heterocycles. The first-order valence-electron chi connectivity index (χ1n) is 8.19. The summed E-state index contributed by atoms with van der Waals surface area (Å²) in [5.41, 5.74) is 2.15. The van der Waals surface area contributed by atoms with Crippen molar-refractivity contribution in [3.05, 3.63) is 48.3 Å². The number of rotatable bonds is 5. The minimum Gasteiger partial charge on any atom is -0.393 e. The molecule has 1 N–H and O–H groups in total. The second kappa shape index (κ2) is 7.07. The Balaban J connectivity index is 1.58. The molecule has 2 aromatic rings. The lowest BCUT2D eigenvalue weighted by molar-refractivity contribution is 0.0499. The number of hydrogen-bond donors (Lipinski definition) is 1. The Morgan fingerprint density at radius 3 is 2.73 bits per heavy atom. The SMILES string of the molecule is CN(Cc1ccn(-c2ccccc2)n1)CC1CCCCC1O. The maximum atomic E-state index is 10.1. The van der Waals surface area contributed by atoms with E-state index in [0.29, 0.717) is 5.92 Å². The van der Waals surface area contributed by atoms with E-state index in [1.165, 1.54) is 12.8 Å². The summed E-state index contributed by atoms with van der Waals surface area (Å²) in [6.07, 6.45) is 6.40. The van der Waals surface area contributed by atoms with E-state index in [4.69, 9.17) is 0 Å². The summed E-state index contributed by atoms with van der Waals surface area (Å²) < 4.78 is 1.92. The standard InChI is InChI=1S/C18H25N3O/c1-20(13-15-7-5-6-10-18(15)22)14-16-11-12-21(19-16)17-8-3-2-4-9-17/h2-4,8-9,11-12,15,18,22H,5-7,10,13-14H2,1H3. The summed E-state index contributed by atoms with van der Waals surface area (Å²) in [7, 11) is 2.11. The van der Waals surface area contributed by atoms with Crippen LogP contribution in [0.3, 0.4) is 0 Å². The maximum Gasteiger partial charge on any atom is 0.0769 e. The van der Waals surface area contributed by atoms with Crippen LogP contribution in [0.4, 0.5) is 0 Å². The molecule has 4 nitrogen and oxygen atoms in total. The summed E-state index contributed by atoms with van der Waals surface area (Å²) >= 11 is 0. The summed E-state index contributed by atoms with van der Waals surface area (Å²) in [5.74, 6) is 0.412. The minimum absolute atomic E-state index is 0.127. The first-order valence-corrected chi connectivity index (χ1v) is 8.19. The third kappa shape index (κ3) is 3.76. The summed E-state index contributed by atoms with van der Waals surface area (Å²) in [5, 5.41) is 14.7. The molecule has 0 amide bonds. The Labute approximate surface area is 132 Å². The smallest absolute Gasteiger partial charge is 0.0769 e. The zero-order valence-electron chi connectivity index (χ0n) is 13.2. The van der Waals surface area contributed by atoms with E-state index < -0.39 is 0 Å². The summed E-state index contributed by atoms with van der Waals surface area (Å²) in [6.45, 7) is 1.77. The van der Waals surface area contributed by atoms with Gasteiger partial charge < -0.3 is 10.0 Å². The molecule has 1 aromatic carbocycles. The Bertz CT molecular complexity index is 581. The largest absolute Gasteiger partial charge is 0.393 e. The quantitative estimate of drug-likeness (QED) is 0.923. The van der Waals surface area contributed by atoms with Gasteiger partial charge in [0.1, 0.15) is 0 Å². The van der Waals surface area contributed by atoms with E-state index in [9.17, 15) is 5.11 Å². The first-order chi connectivity index (χ1) is 10.7. The van der Waals surface area contributed by atoms with Gasteiger partial charge in [0, 0.05) is 19.3 Å². The number of aliphatic hydroxyl groups excluding tert-OH is 1. The molecule has 1 aromatic heterocycles. The average Bonchev–Trinajstić information content (AvgIpc) is 2.99. The van der Waals surface area contributed by atoms with E-state index in [2.05, 4.69) is 35.2 Å². The Hall–Kier alpha value is -1.65. The van der Waals surface area contributed by atoms with Gasteiger partial charge in [0.15, 0.2) is 0 Å². The van der Waals surface area contributed by atoms with Crippen molar-refractivity contribution in [1.29, 1.82) is 0 Å². The fourth-order valence-corrected chi connectivity index (χ4v) is 3.31. The van der Waals surface area contributed by atoms with Crippen LogP contribution in [0.2, 0.25) is 0 Å². The fourth-order valence-electron chi connectivity index (χ4n) is 3.31. The van der Waals surface area contributed by atoms with E-state index >= 15 is 0 Å². The highest BCUT2D eigenvalue weighted by atomic mass is 16.3. The zero-order chi connectivity index (χ0) is 15.4. The zero-order valence-corrected chi connectivity index (χ0v) is 13.2. The van der Waals surface area contributed by atoms with Gasteiger partial charge in [0.2, 0.25) is 0 Å². The third-order valence-electron chi connectivity index (χ3n) is 4.51. The van der Waals surface area contributed by atoms with Crippen molar-refractivity contribution in [2.45, 2.75) is 38.3 Å². The molecule has 0 saturated heterocycles. The lowest BCUT2D eigenvalue weighted by Crippen LogP contribution is -2.34. The van der Waals surface area contributed by atoms with Gasteiger partial charge >= 0.3 is 0 Å². The van der Waals surface area contributed by atoms with Crippen molar-refractivity contribution in [3.63, 3.8) is 0 Å². The molecule has 1 aliphatic carbocycles. The van der Waals surface area contributed by atoms with E-state index in [1.807, 2.05) is 29.1 Å². The van der Waals surface area contributed by atoms with Crippen molar-refractivity contribution in [3.8, 4) is 5.69 Å². The maximum absolute atomic E-state index is 10.1. The van der Waals surface area contributed by atoms with Gasteiger partial charge in [0.05, 0.1) is 17.5 Å². The Morgan fingerprint density at radius 2 is 1.95 bits per heavy atom. The molecule has 2 atom stereocenters. The van der Waals surface area contributed by atoms with Crippen LogP contribution in [0.1, 0.15) is 31.4 Å². The highest BCUT2D eigenvalue weighted by Gasteiger charge is 2.24. The van der Waals surface area contributed by atoms with Crippen LogP contribution in [0.25, 0.3) is 5.69 Å². The molecule has 3 rings (SSSR count). The van der Waals surface area contributed by atoms with Gasteiger partial charge in [0.25, 0.3) is 0 Å². The van der Waals surface area contributed by atoms with E-state index in [1.54, 1.807) is 0 Å². The topological polar surface area (TPSA) is 41.3 Å². The molecule has 1 saturated carbocycles. The summed E-state index contributed by atoms with van der Waals surface area (Å²) in [4.78, 5) is 2.27. The monoisotopic (exact) mass is 299 g/mol. The lowest BCUT2D eigenvalue weighted by Gasteiger charge is -2.30. The number of aromatic nitrogens is 2. The Kier molecular flexibility index (Phi) is 4.90. The van der Waals surface area contributed by atoms with Crippen LogP contribution in [0, 0.1) is 5.92 Å².